The standard InChI is InChI=1S/C9H18N2O2.ClH/c10-4-1-9(12)11-7-8-2-5-13-6-3-8;/h8H,1-7,10H2,(H,11,12);1H. The highest BCUT2D eigenvalue weighted by Gasteiger charge is 2.13. The molecule has 1 rings (SSSR count). The second-order valence-electron chi connectivity index (χ2n) is 3.40. The van der Waals surface area contributed by atoms with Crippen molar-refractivity contribution in [1.82, 2.24) is 5.32 Å². The molecule has 0 radical (unpaired) electrons. The Morgan fingerprint density at radius 3 is 2.64 bits per heavy atom. The number of ether oxygens (including phenoxy) is 1. The van der Waals surface area contributed by atoms with Crippen molar-refractivity contribution < 1.29 is 9.53 Å². The van der Waals surface area contributed by atoms with Gasteiger partial charge in [0.2, 0.25) is 5.91 Å². The summed E-state index contributed by atoms with van der Waals surface area (Å²) in [5.41, 5.74) is 5.26. The molecule has 0 aromatic heterocycles. The van der Waals surface area contributed by atoms with Crippen molar-refractivity contribution in [2.75, 3.05) is 26.3 Å². The van der Waals surface area contributed by atoms with E-state index >= 15 is 0 Å². The van der Waals surface area contributed by atoms with Gasteiger partial charge in [0.15, 0.2) is 0 Å². The molecule has 1 saturated heterocycles. The molecule has 0 aliphatic carbocycles. The number of nitrogens with one attached hydrogen (secondary N) is 1. The summed E-state index contributed by atoms with van der Waals surface area (Å²) in [6, 6.07) is 0. The third-order valence-electron chi connectivity index (χ3n) is 2.30. The topological polar surface area (TPSA) is 64.4 Å². The fourth-order valence-corrected chi connectivity index (χ4v) is 1.43. The Morgan fingerprint density at radius 1 is 1.43 bits per heavy atom. The van der Waals surface area contributed by atoms with Gasteiger partial charge in [-0.1, -0.05) is 0 Å². The zero-order chi connectivity index (χ0) is 9.52. The van der Waals surface area contributed by atoms with Gasteiger partial charge in [-0.3, -0.25) is 4.79 Å². The first kappa shape index (κ1) is 13.7. The van der Waals surface area contributed by atoms with Crippen LogP contribution < -0.4 is 11.1 Å². The quantitative estimate of drug-likeness (QED) is 0.719. The van der Waals surface area contributed by atoms with Crippen molar-refractivity contribution in [3.63, 3.8) is 0 Å². The van der Waals surface area contributed by atoms with Crippen molar-refractivity contribution in [3.05, 3.63) is 0 Å². The van der Waals surface area contributed by atoms with E-state index in [9.17, 15) is 4.79 Å². The summed E-state index contributed by atoms with van der Waals surface area (Å²) in [6.07, 6.45) is 2.55. The summed E-state index contributed by atoms with van der Waals surface area (Å²) >= 11 is 0. The molecule has 0 aromatic rings. The highest BCUT2D eigenvalue weighted by molar-refractivity contribution is 5.85. The van der Waals surface area contributed by atoms with Crippen LogP contribution in [0.4, 0.5) is 0 Å². The monoisotopic (exact) mass is 222 g/mol. The van der Waals surface area contributed by atoms with Crippen molar-refractivity contribution in [3.8, 4) is 0 Å². The molecule has 0 aromatic carbocycles. The Bertz CT molecular complexity index is 161. The summed E-state index contributed by atoms with van der Waals surface area (Å²) < 4.78 is 5.22. The zero-order valence-electron chi connectivity index (χ0n) is 8.33. The summed E-state index contributed by atoms with van der Waals surface area (Å²) in [5.74, 6) is 0.657. The minimum Gasteiger partial charge on any atom is -0.381 e. The van der Waals surface area contributed by atoms with Crippen LogP contribution in [0.2, 0.25) is 0 Å². The Balaban J connectivity index is 0.00000169. The number of carbonyl (C=O) groups is 1. The molecule has 0 unspecified atom stereocenters. The molecule has 14 heavy (non-hydrogen) atoms. The lowest BCUT2D eigenvalue weighted by Crippen LogP contribution is -2.33. The average Bonchev–Trinajstić information content (AvgIpc) is 2.17. The lowest BCUT2D eigenvalue weighted by Gasteiger charge is -2.22. The van der Waals surface area contributed by atoms with Gasteiger partial charge in [0.05, 0.1) is 0 Å². The third-order valence-corrected chi connectivity index (χ3v) is 2.30. The fourth-order valence-electron chi connectivity index (χ4n) is 1.43. The largest absolute Gasteiger partial charge is 0.381 e. The lowest BCUT2D eigenvalue weighted by molar-refractivity contribution is -0.121. The third kappa shape index (κ3) is 5.42. The number of amides is 1. The molecule has 5 heteroatoms. The molecule has 1 aliphatic rings. The maximum atomic E-state index is 11.1. The first-order valence-corrected chi connectivity index (χ1v) is 4.87. The van der Waals surface area contributed by atoms with E-state index in [2.05, 4.69) is 5.32 Å². The van der Waals surface area contributed by atoms with Crippen LogP contribution >= 0.6 is 12.4 Å². The normalized spacial score (nSPS) is 17.2. The Kier molecular flexibility index (Phi) is 7.84. The minimum atomic E-state index is 0. The SMILES string of the molecule is Cl.NCCC(=O)NCC1CCOCC1. The second kappa shape index (κ2) is 8.03. The fraction of sp³-hybridized carbons (Fsp3) is 0.889. The molecule has 1 aliphatic heterocycles. The summed E-state index contributed by atoms with van der Waals surface area (Å²) in [7, 11) is 0. The van der Waals surface area contributed by atoms with Gasteiger partial charge in [-0.15, -0.1) is 12.4 Å². The van der Waals surface area contributed by atoms with Crippen LogP contribution in [-0.4, -0.2) is 32.2 Å². The number of hydrogen-bond acceptors (Lipinski definition) is 3. The van der Waals surface area contributed by atoms with Crippen LogP contribution in [-0.2, 0) is 9.53 Å². The molecular weight excluding hydrogens is 204 g/mol. The van der Waals surface area contributed by atoms with Gasteiger partial charge in [-0.25, -0.2) is 0 Å². The summed E-state index contributed by atoms with van der Waals surface area (Å²) in [5, 5.41) is 2.88. The van der Waals surface area contributed by atoms with Gasteiger partial charge in [0.25, 0.3) is 0 Å². The lowest BCUT2D eigenvalue weighted by atomic mass is 10.0. The van der Waals surface area contributed by atoms with Crippen LogP contribution in [0.5, 0.6) is 0 Å². The van der Waals surface area contributed by atoms with E-state index in [-0.39, 0.29) is 18.3 Å². The van der Waals surface area contributed by atoms with E-state index in [0.717, 1.165) is 32.6 Å². The minimum absolute atomic E-state index is 0. The van der Waals surface area contributed by atoms with Crippen molar-refractivity contribution in [2.45, 2.75) is 19.3 Å². The number of rotatable bonds is 4. The molecule has 0 atom stereocenters. The summed E-state index contributed by atoms with van der Waals surface area (Å²) in [4.78, 5) is 11.1. The molecule has 1 amide bonds. The molecule has 0 spiro atoms. The number of carbonyl (C=O) groups excluding carboxylic acids is 1. The van der Waals surface area contributed by atoms with Crippen molar-refractivity contribution in [2.24, 2.45) is 11.7 Å². The number of nitrogens with two attached hydrogens (primary N) is 1. The predicted molar refractivity (Wildman–Crippen MR) is 57.5 cm³/mol. The van der Waals surface area contributed by atoms with Crippen molar-refractivity contribution in [1.29, 1.82) is 0 Å². The Labute approximate surface area is 91.0 Å². The molecule has 4 nitrogen and oxygen atoms in total. The van der Waals surface area contributed by atoms with E-state index in [1.165, 1.54) is 0 Å². The number of hydrogen-bond donors (Lipinski definition) is 2. The molecule has 1 heterocycles. The van der Waals surface area contributed by atoms with E-state index in [4.69, 9.17) is 10.5 Å². The first-order chi connectivity index (χ1) is 6.33. The molecule has 0 bridgehead atoms. The predicted octanol–water partition coefficient (Wildman–Crippen LogP) is 0.300. The highest BCUT2D eigenvalue weighted by Crippen LogP contribution is 2.12. The maximum absolute atomic E-state index is 11.1. The highest BCUT2D eigenvalue weighted by atomic mass is 35.5. The van der Waals surface area contributed by atoms with Crippen LogP contribution in [0.1, 0.15) is 19.3 Å². The molecule has 84 valence electrons. The number of halogens is 1. The first-order valence-electron chi connectivity index (χ1n) is 4.87. The van der Waals surface area contributed by atoms with E-state index < -0.39 is 0 Å². The maximum Gasteiger partial charge on any atom is 0.221 e. The van der Waals surface area contributed by atoms with Gasteiger partial charge in [-0.05, 0) is 18.8 Å². The molecule has 1 fully saturated rings. The van der Waals surface area contributed by atoms with Gasteiger partial charge in [-0.2, -0.15) is 0 Å². The smallest absolute Gasteiger partial charge is 0.221 e. The Morgan fingerprint density at radius 2 is 2.07 bits per heavy atom. The van der Waals surface area contributed by atoms with Crippen molar-refractivity contribution >= 4 is 18.3 Å². The molecular formula is C9H19ClN2O2. The van der Waals surface area contributed by atoms with Gasteiger partial charge >= 0.3 is 0 Å². The van der Waals surface area contributed by atoms with Crippen LogP contribution in [0.25, 0.3) is 0 Å². The van der Waals surface area contributed by atoms with Gasteiger partial charge < -0.3 is 15.8 Å². The van der Waals surface area contributed by atoms with Crippen LogP contribution in [0, 0.1) is 5.92 Å². The molecule has 0 saturated carbocycles. The summed E-state index contributed by atoms with van der Waals surface area (Å²) in [6.45, 7) is 2.87. The van der Waals surface area contributed by atoms with Crippen LogP contribution in [0.3, 0.4) is 0 Å². The average molecular weight is 223 g/mol. The van der Waals surface area contributed by atoms with E-state index in [1.807, 2.05) is 0 Å². The van der Waals surface area contributed by atoms with Gasteiger partial charge in [0.1, 0.15) is 0 Å². The van der Waals surface area contributed by atoms with Gasteiger partial charge in [0, 0.05) is 32.7 Å². The van der Waals surface area contributed by atoms with E-state index in [1.54, 1.807) is 0 Å². The Hall–Kier alpha value is -0.320. The second-order valence-corrected chi connectivity index (χ2v) is 3.40. The molecule has 3 N–H and O–H groups in total. The zero-order valence-corrected chi connectivity index (χ0v) is 9.15. The van der Waals surface area contributed by atoms with E-state index in [0.29, 0.717) is 18.9 Å². The van der Waals surface area contributed by atoms with Crippen LogP contribution in [0.15, 0.2) is 0 Å².